The predicted octanol–water partition coefficient (Wildman–Crippen LogP) is 2.61. The van der Waals surface area contributed by atoms with Crippen LogP contribution in [0.2, 0.25) is 0 Å². The smallest absolute Gasteiger partial charge is 0.319 e. The van der Waals surface area contributed by atoms with Crippen molar-refractivity contribution in [3.63, 3.8) is 0 Å². The summed E-state index contributed by atoms with van der Waals surface area (Å²) in [6.45, 7) is 3.75. The van der Waals surface area contributed by atoms with E-state index in [0.29, 0.717) is 11.3 Å². The highest BCUT2D eigenvalue weighted by Gasteiger charge is 2.49. The molecule has 0 bridgehead atoms. The maximum Gasteiger partial charge on any atom is 0.325 e. The van der Waals surface area contributed by atoms with Crippen molar-refractivity contribution in [2.45, 2.75) is 38.8 Å². The van der Waals surface area contributed by atoms with E-state index < -0.39 is 11.6 Å². The number of amides is 3. The number of nitrogens with zero attached hydrogens (tertiary/aromatic N) is 3. The number of nitrogens with one attached hydrogen (secondary N) is 1. The van der Waals surface area contributed by atoms with E-state index >= 15 is 0 Å². The number of pyridine rings is 1. The largest absolute Gasteiger partial charge is 0.325 e. The Hall–Kier alpha value is -3.48. The molecule has 0 spiro atoms. The molecule has 0 saturated carbocycles. The summed E-state index contributed by atoms with van der Waals surface area (Å²) in [4.78, 5) is 43.5. The van der Waals surface area contributed by atoms with Gasteiger partial charge in [0.05, 0.1) is 12.2 Å². The Bertz CT molecular complexity index is 1150. The number of carbonyl (C=O) groups is 2. The summed E-state index contributed by atoms with van der Waals surface area (Å²) in [7, 11) is 0. The van der Waals surface area contributed by atoms with Crippen LogP contribution in [-0.2, 0) is 23.3 Å². The van der Waals surface area contributed by atoms with Crippen LogP contribution >= 0.6 is 0 Å². The Morgan fingerprint density at radius 2 is 1.83 bits per heavy atom. The first-order chi connectivity index (χ1) is 13.9. The van der Waals surface area contributed by atoms with Crippen molar-refractivity contribution in [3.8, 4) is 0 Å². The first-order valence-electron chi connectivity index (χ1n) is 9.63. The van der Waals surface area contributed by atoms with Gasteiger partial charge in [-0.25, -0.2) is 9.78 Å². The van der Waals surface area contributed by atoms with Crippen molar-refractivity contribution in [1.82, 2.24) is 19.6 Å². The fourth-order valence-electron chi connectivity index (χ4n) is 3.68. The van der Waals surface area contributed by atoms with Crippen molar-refractivity contribution in [2.75, 3.05) is 0 Å². The molecule has 0 aliphatic carbocycles. The van der Waals surface area contributed by atoms with E-state index in [1.807, 2.05) is 24.3 Å². The van der Waals surface area contributed by atoms with Crippen LogP contribution in [0.15, 0.2) is 59.5 Å². The molecule has 7 heteroatoms. The van der Waals surface area contributed by atoms with Crippen molar-refractivity contribution in [1.29, 1.82) is 0 Å². The van der Waals surface area contributed by atoms with Crippen LogP contribution in [-0.4, -0.2) is 26.2 Å². The van der Waals surface area contributed by atoms with Gasteiger partial charge < -0.3 is 5.32 Å². The van der Waals surface area contributed by atoms with Gasteiger partial charge in [-0.05, 0) is 36.6 Å². The molecule has 29 heavy (non-hydrogen) atoms. The van der Waals surface area contributed by atoms with Gasteiger partial charge in [0.15, 0.2) is 0 Å². The molecule has 7 nitrogen and oxygen atoms in total. The Balaban J connectivity index is 1.62. The number of aryl methyl sites for hydroxylation is 1. The third kappa shape index (κ3) is 3.29. The van der Waals surface area contributed by atoms with E-state index in [-0.39, 0.29) is 18.0 Å². The number of urea groups is 1. The number of fused-ring (bicyclic) bond motifs is 1. The van der Waals surface area contributed by atoms with E-state index in [0.717, 1.165) is 23.3 Å². The van der Waals surface area contributed by atoms with E-state index in [1.54, 1.807) is 31.3 Å². The number of hydrogen-bond acceptors (Lipinski definition) is 4. The average molecular weight is 390 g/mol. The van der Waals surface area contributed by atoms with Gasteiger partial charge in [0.2, 0.25) is 0 Å². The molecule has 1 fully saturated rings. The molecule has 4 rings (SSSR count). The second kappa shape index (κ2) is 7.16. The molecule has 148 valence electrons. The van der Waals surface area contributed by atoms with Gasteiger partial charge in [-0.1, -0.05) is 43.7 Å². The molecule has 1 aliphatic rings. The molecule has 3 amide bonds. The summed E-state index contributed by atoms with van der Waals surface area (Å²) in [5.74, 6) is -0.360. The highest BCUT2D eigenvalue weighted by Crippen LogP contribution is 2.30. The van der Waals surface area contributed by atoms with Gasteiger partial charge in [0.25, 0.3) is 11.5 Å². The number of imide groups is 1. The maximum absolute atomic E-state index is 13.1. The summed E-state index contributed by atoms with van der Waals surface area (Å²) in [6, 6.07) is 13.8. The van der Waals surface area contributed by atoms with Crippen molar-refractivity contribution >= 4 is 17.6 Å². The van der Waals surface area contributed by atoms with Crippen LogP contribution in [0.5, 0.6) is 0 Å². The van der Waals surface area contributed by atoms with Gasteiger partial charge in [-0.15, -0.1) is 0 Å². The average Bonchev–Trinajstić information content (AvgIpc) is 2.93. The molecule has 1 aromatic carbocycles. The monoisotopic (exact) mass is 390 g/mol. The second-order valence-corrected chi connectivity index (χ2v) is 7.41. The zero-order valence-electron chi connectivity index (χ0n) is 16.4. The van der Waals surface area contributed by atoms with E-state index in [4.69, 9.17) is 0 Å². The van der Waals surface area contributed by atoms with Crippen LogP contribution in [0.4, 0.5) is 4.79 Å². The Kier molecular flexibility index (Phi) is 4.66. The number of hydrogen-bond donors (Lipinski definition) is 1. The number of rotatable bonds is 5. The minimum Gasteiger partial charge on any atom is -0.319 e. The van der Waals surface area contributed by atoms with E-state index in [1.165, 1.54) is 16.0 Å². The number of aromatic nitrogens is 2. The Labute approximate surface area is 168 Å². The summed E-state index contributed by atoms with van der Waals surface area (Å²) < 4.78 is 1.41. The minimum atomic E-state index is -1.15. The van der Waals surface area contributed by atoms with Crippen LogP contribution in [0.1, 0.15) is 37.1 Å². The lowest BCUT2D eigenvalue weighted by Gasteiger charge is -2.22. The summed E-state index contributed by atoms with van der Waals surface area (Å²) in [6.07, 6.45) is 3.63. The lowest BCUT2D eigenvalue weighted by molar-refractivity contribution is -0.131. The Morgan fingerprint density at radius 1 is 1.07 bits per heavy atom. The third-order valence-corrected chi connectivity index (χ3v) is 5.29. The van der Waals surface area contributed by atoms with E-state index in [9.17, 15) is 14.4 Å². The van der Waals surface area contributed by atoms with Crippen molar-refractivity contribution in [2.24, 2.45) is 0 Å². The molecule has 0 radical (unpaired) electrons. The molecule has 1 atom stereocenters. The first kappa shape index (κ1) is 18.9. The SMILES string of the molecule is CCCc1ccc(C2(C)NC(=O)N(Cc3cc(=O)n4ccccc4n3)C2=O)cc1. The van der Waals surface area contributed by atoms with Gasteiger partial charge >= 0.3 is 6.03 Å². The normalized spacial score (nSPS) is 19.0. The topological polar surface area (TPSA) is 83.8 Å². The molecular weight excluding hydrogens is 368 g/mol. The standard InChI is InChI=1S/C22H22N4O3/c1-3-6-15-8-10-16(11-9-15)22(2)20(28)26(21(29)24-22)14-17-13-19(27)25-12-5-4-7-18(25)23-17/h4-5,7-13H,3,6,14H2,1-2H3,(H,24,29). The van der Waals surface area contributed by atoms with Gasteiger partial charge in [-0.2, -0.15) is 0 Å². The fourth-order valence-corrected chi connectivity index (χ4v) is 3.68. The van der Waals surface area contributed by atoms with Crippen LogP contribution in [0.25, 0.3) is 5.65 Å². The van der Waals surface area contributed by atoms with Crippen LogP contribution in [0.3, 0.4) is 0 Å². The van der Waals surface area contributed by atoms with Crippen LogP contribution < -0.4 is 10.9 Å². The zero-order chi connectivity index (χ0) is 20.6. The van der Waals surface area contributed by atoms with Gasteiger partial charge in [0, 0.05) is 12.3 Å². The van der Waals surface area contributed by atoms with Gasteiger partial charge in [-0.3, -0.25) is 18.9 Å². The summed E-state index contributed by atoms with van der Waals surface area (Å²) in [5, 5.41) is 2.80. The first-order valence-corrected chi connectivity index (χ1v) is 9.63. The predicted molar refractivity (Wildman–Crippen MR) is 108 cm³/mol. The molecule has 3 aromatic rings. The maximum atomic E-state index is 13.1. The minimum absolute atomic E-state index is 0.0607. The molecule has 1 saturated heterocycles. The summed E-state index contributed by atoms with van der Waals surface area (Å²) >= 11 is 0. The highest BCUT2D eigenvalue weighted by molar-refractivity contribution is 6.07. The van der Waals surface area contributed by atoms with Crippen molar-refractivity contribution in [3.05, 3.63) is 81.9 Å². The van der Waals surface area contributed by atoms with Gasteiger partial charge in [0.1, 0.15) is 11.2 Å². The fraction of sp³-hybridized carbons (Fsp3) is 0.273. The molecule has 3 heterocycles. The molecule has 2 aromatic heterocycles. The van der Waals surface area contributed by atoms with Crippen molar-refractivity contribution < 1.29 is 9.59 Å². The number of carbonyl (C=O) groups excluding carboxylic acids is 2. The van der Waals surface area contributed by atoms with E-state index in [2.05, 4.69) is 17.2 Å². The lowest BCUT2D eigenvalue weighted by atomic mass is 9.91. The highest BCUT2D eigenvalue weighted by atomic mass is 16.2. The molecule has 1 aliphatic heterocycles. The molecule has 1 unspecified atom stereocenters. The third-order valence-electron chi connectivity index (χ3n) is 5.29. The molecular formula is C22H22N4O3. The number of benzene rings is 1. The zero-order valence-corrected chi connectivity index (χ0v) is 16.4. The molecule has 1 N–H and O–H groups in total. The van der Waals surface area contributed by atoms with Crippen LogP contribution in [0, 0.1) is 0 Å². The lowest BCUT2D eigenvalue weighted by Crippen LogP contribution is -2.40. The second-order valence-electron chi connectivity index (χ2n) is 7.41. The summed E-state index contributed by atoms with van der Waals surface area (Å²) in [5.41, 5.74) is 1.35. The quantitative estimate of drug-likeness (QED) is 0.679. The Morgan fingerprint density at radius 3 is 2.55 bits per heavy atom.